The molecule has 0 saturated heterocycles. The van der Waals surface area contributed by atoms with Gasteiger partial charge in [-0.15, -0.1) is 12.4 Å². The number of nitrogens with one attached hydrogen (secondary N) is 2. The molecule has 0 aromatic carbocycles. The van der Waals surface area contributed by atoms with Crippen LogP contribution in [0.1, 0.15) is 16.9 Å². The fraction of sp³-hybridized carbons (Fsp3) is 0.417. The smallest absolute Gasteiger partial charge is 0.265 e. The number of hydrogen-bond acceptors (Lipinski definition) is 4. The first-order valence-corrected chi connectivity index (χ1v) is 7.73. The Morgan fingerprint density at radius 1 is 1.52 bits per heavy atom. The van der Waals surface area contributed by atoms with Gasteiger partial charge in [-0.2, -0.15) is 0 Å². The van der Waals surface area contributed by atoms with Gasteiger partial charge < -0.3 is 15.6 Å². The fourth-order valence-corrected chi connectivity index (χ4v) is 3.13. The minimum Gasteiger partial charge on any atom is -0.364 e. The minimum absolute atomic E-state index is 0. The van der Waals surface area contributed by atoms with Crippen LogP contribution in [0.3, 0.4) is 0 Å². The van der Waals surface area contributed by atoms with E-state index in [0.717, 1.165) is 25.1 Å². The zero-order chi connectivity index (χ0) is 14.8. The summed E-state index contributed by atoms with van der Waals surface area (Å²) in [4.78, 5) is 11.2. The first kappa shape index (κ1) is 17.7. The molecule has 0 spiro atoms. The number of halogens is 1. The van der Waals surface area contributed by atoms with Gasteiger partial charge in [0, 0.05) is 26.3 Å². The maximum absolute atomic E-state index is 12.1. The summed E-state index contributed by atoms with van der Waals surface area (Å²) in [6.07, 6.45) is 4.18. The van der Waals surface area contributed by atoms with E-state index in [9.17, 15) is 13.2 Å². The number of aromatic nitrogens is 1. The molecule has 1 aliphatic heterocycles. The van der Waals surface area contributed by atoms with Crippen molar-refractivity contribution in [1.82, 2.24) is 14.6 Å². The zero-order valence-corrected chi connectivity index (χ0v) is 13.3. The van der Waals surface area contributed by atoms with Crippen LogP contribution in [0.15, 0.2) is 28.8 Å². The second kappa shape index (κ2) is 7.08. The van der Waals surface area contributed by atoms with Crippen molar-refractivity contribution in [1.29, 1.82) is 0 Å². The SMILES string of the molecule is Cl.Cn1cc(S(=O)(=O)NCC2=CCNCC2)cc1C(N)=O. The van der Waals surface area contributed by atoms with Crippen molar-refractivity contribution in [3.8, 4) is 0 Å². The number of hydrogen-bond donors (Lipinski definition) is 3. The summed E-state index contributed by atoms with van der Waals surface area (Å²) in [6.45, 7) is 1.89. The molecule has 1 amide bonds. The Hall–Kier alpha value is -1.35. The molecule has 2 heterocycles. The highest BCUT2D eigenvalue weighted by Gasteiger charge is 2.19. The summed E-state index contributed by atoms with van der Waals surface area (Å²) in [5, 5.41) is 3.16. The van der Waals surface area contributed by atoms with E-state index < -0.39 is 15.9 Å². The van der Waals surface area contributed by atoms with Crippen LogP contribution in [-0.4, -0.2) is 38.5 Å². The highest BCUT2D eigenvalue weighted by Crippen LogP contribution is 2.13. The summed E-state index contributed by atoms with van der Waals surface area (Å²) in [7, 11) is -2.06. The van der Waals surface area contributed by atoms with Crippen LogP contribution in [0.4, 0.5) is 0 Å². The Morgan fingerprint density at radius 3 is 2.76 bits per heavy atom. The van der Waals surface area contributed by atoms with E-state index >= 15 is 0 Å². The van der Waals surface area contributed by atoms with Crippen molar-refractivity contribution < 1.29 is 13.2 Å². The minimum atomic E-state index is -3.63. The van der Waals surface area contributed by atoms with Crippen molar-refractivity contribution in [2.45, 2.75) is 11.3 Å². The monoisotopic (exact) mass is 334 g/mol. The lowest BCUT2D eigenvalue weighted by Crippen LogP contribution is -2.29. The molecule has 0 bridgehead atoms. The lowest BCUT2D eigenvalue weighted by Gasteiger charge is -2.14. The molecule has 0 unspecified atom stereocenters. The average molecular weight is 335 g/mol. The van der Waals surface area contributed by atoms with Gasteiger partial charge in [-0.05, 0) is 19.0 Å². The summed E-state index contributed by atoms with van der Waals surface area (Å²) in [5.74, 6) is -0.657. The molecular weight excluding hydrogens is 316 g/mol. The maximum Gasteiger partial charge on any atom is 0.265 e. The van der Waals surface area contributed by atoms with Gasteiger partial charge in [0.25, 0.3) is 5.91 Å². The van der Waals surface area contributed by atoms with Crippen LogP contribution in [0.2, 0.25) is 0 Å². The zero-order valence-electron chi connectivity index (χ0n) is 11.6. The molecule has 118 valence electrons. The van der Waals surface area contributed by atoms with E-state index in [1.54, 1.807) is 7.05 Å². The van der Waals surface area contributed by atoms with E-state index in [1.807, 2.05) is 6.08 Å². The molecular formula is C12H19ClN4O3S. The third-order valence-corrected chi connectivity index (χ3v) is 4.56. The van der Waals surface area contributed by atoms with Crippen LogP contribution in [0, 0.1) is 0 Å². The molecule has 2 rings (SSSR count). The predicted molar refractivity (Wildman–Crippen MR) is 81.9 cm³/mol. The van der Waals surface area contributed by atoms with Gasteiger partial charge in [0.1, 0.15) is 10.6 Å². The number of aryl methyl sites for hydroxylation is 1. The van der Waals surface area contributed by atoms with E-state index in [4.69, 9.17) is 5.73 Å². The third kappa shape index (κ3) is 4.31. The molecule has 0 aliphatic carbocycles. The molecule has 1 aromatic rings. The van der Waals surface area contributed by atoms with E-state index in [2.05, 4.69) is 10.0 Å². The number of amides is 1. The van der Waals surface area contributed by atoms with Gasteiger partial charge in [-0.25, -0.2) is 13.1 Å². The Balaban J connectivity index is 0.00000220. The number of sulfonamides is 1. The van der Waals surface area contributed by atoms with Crippen LogP contribution in [0.5, 0.6) is 0 Å². The highest BCUT2D eigenvalue weighted by molar-refractivity contribution is 7.89. The lowest BCUT2D eigenvalue weighted by atomic mass is 10.1. The Labute approximate surface area is 130 Å². The standard InChI is InChI=1S/C12H18N4O3S.ClH/c1-16-8-10(6-11(16)12(13)17)20(18,19)15-7-9-2-4-14-5-3-9;/h2,6,8,14-15H,3-5,7H2,1H3,(H2,13,17);1H. The second-order valence-electron chi connectivity index (χ2n) is 4.68. The Kier molecular flexibility index (Phi) is 5.97. The number of carbonyl (C=O) groups excluding carboxylic acids is 1. The number of rotatable bonds is 5. The Bertz CT molecular complexity index is 651. The highest BCUT2D eigenvalue weighted by atomic mass is 35.5. The van der Waals surface area contributed by atoms with Crippen LogP contribution in [0.25, 0.3) is 0 Å². The van der Waals surface area contributed by atoms with Crippen molar-refractivity contribution in [3.05, 3.63) is 29.6 Å². The normalized spacial score (nSPS) is 15.2. The molecule has 0 fully saturated rings. The molecule has 21 heavy (non-hydrogen) atoms. The van der Waals surface area contributed by atoms with Crippen molar-refractivity contribution in [2.24, 2.45) is 12.8 Å². The largest absolute Gasteiger partial charge is 0.364 e. The number of primary amides is 1. The van der Waals surface area contributed by atoms with Crippen LogP contribution in [-0.2, 0) is 17.1 Å². The van der Waals surface area contributed by atoms with Gasteiger partial charge in [0.05, 0.1) is 0 Å². The summed E-state index contributed by atoms with van der Waals surface area (Å²) in [6, 6.07) is 1.28. The number of carbonyl (C=O) groups is 1. The van der Waals surface area contributed by atoms with Gasteiger partial charge in [0.15, 0.2) is 0 Å². The van der Waals surface area contributed by atoms with Gasteiger partial charge in [-0.1, -0.05) is 11.6 Å². The Morgan fingerprint density at radius 2 is 2.24 bits per heavy atom. The predicted octanol–water partition coefficient (Wildman–Crippen LogP) is -0.256. The molecule has 1 aromatic heterocycles. The lowest BCUT2D eigenvalue weighted by molar-refractivity contribution is 0.0992. The van der Waals surface area contributed by atoms with Crippen molar-refractivity contribution in [2.75, 3.05) is 19.6 Å². The molecule has 7 nitrogen and oxygen atoms in total. The third-order valence-electron chi connectivity index (χ3n) is 3.19. The van der Waals surface area contributed by atoms with E-state index in [1.165, 1.54) is 16.8 Å². The topological polar surface area (TPSA) is 106 Å². The first-order valence-electron chi connectivity index (χ1n) is 6.24. The first-order chi connectivity index (χ1) is 9.40. The molecule has 0 radical (unpaired) electrons. The molecule has 1 aliphatic rings. The van der Waals surface area contributed by atoms with Crippen molar-refractivity contribution in [3.63, 3.8) is 0 Å². The molecule has 4 N–H and O–H groups in total. The van der Waals surface area contributed by atoms with Gasteiger partial charge in [0.2, 0.25) is 10.0 Å². The average Bonchev–Trinajstić information content (AvgIpc) is 2.81. The van der Waals surface area contributed by atoms with Crippen LogP contribution < -0.4 is 15.8 Å². The maximum atomic E-state index is 12.1. The van der Waals surface area contributed by atoms with Crippen LogP contribution >= 0.6 is 12.4 Å². The fourth-order valence-electron chi connectivity index (χ4n) is 2.03. The summed E-state index contributed by atoms with van der Waals surface area (Å²) >= 11 is 0. The van der Waals surface area contributed by atoms with Crippen molar-refractivity contribution >= 4 is 28.3 Å². The molecule has 9 heteroatoms. The van der Waals surface area contributed by atoms with Gasteiger partial charge >= 0.3 is 0 Å². The van der Waals surface area contributed by atoms with E-state index in [0.29, 0.717) is 0 Å². The summed E-state index contributed by atoms with van der Waals surface area (Å²) < 4.78 is 28.2. The molecule has 0 saturated carbocycles. The summed E-state index contributed by atoms with van der Waals surface area (Å²) in [5.41, 5.74) is 6.38. The quantitative estimate of drug-likeness (QED) is 0.645. The number of nitrogens with two attached hydrogens (primary N) is 1. The second-order valence-corrected chi connectivity index (χ2v) is 6.44. The van der Waals surface area contributed by atoms with Gasteiger partial charge in [-0.3, -0.25) is 4.79 Å². The molecule has 0 atom stereocenters. The number of nitrogens with zero attached hydrogens (tertiary/aromatic N) is 1. The van der Waals surface area contributed by atoms with E-state index in [-0.39, 0.29) is 29.5 Å².